The zero-order chi connectivity index (χ0) is 24.1. The lowest BCUT2D eigenvalue weighted by atomic mass is 10.1. The summed E-state index contributed by atoms with van der Waals surface area (Å²) in [5, 5.41) is 6.20. The standard InChI is InChI=1S/C18H21N7O6S2/c1-10(2)6-7-24-16(26)14(17(27)25-18(24)19-9-20-25)15-21-12-5-4-11(22-32(3,28)29)8-13(12)33(30,31)23-15/h4-5,8-10,21-23H,6-7H2,1-3H3/b15-14-. The van der Waals surface area contributed by atoms with Crippen molar-refractivity contribution in [2.24, 2.45) is 5.92 Å². The molecule has 0 aliphatic carbocycles. The fourth-order valence-corrected chi connectivity index (χ4v) is 5.15. The predicted molar refractivity (Wildman–Crippen MR) is 120 cm³/mol. The van der Waals surface area contributed by atoms with Crippen molar-refractivity contribution in [3.05, 3.63) is 50.5 Å². The van der Waals surface area contributed by atoms with Crippen LogP contribution >= 0.6 is 0 Å². The van der Waals surface area contributed by atoms with Crippen molar-refractivity contribution in [1.82, 2.24) is 23.9 Å². The van der Waals surface area contributed by atoms with Gasteiger partial charge >= 0.3 is 0 Å². The minimum Gasteiger partial charge on any atom is -0.339 e. The summed E-state index contributed by atoms with van der Waals surface area (Å²) in [5.74, 6) is -0.00148. The van der Waals surface area contributed by atoms with Gasteiger partial charge in [0, 0.05) is 12.2 Å². The van der Waals surface area contributed by atoms with Crippen LogP contribution in [0.15, 0.2) is 39.0 Å². The summed E-state index contributed by atoms with van der Waals surface area (Å²) in [6.07, 6.45) is 2.69. The molecule has 1 aromatic carbocycles. The first-order chi connectivity index (χ1) is 15.4. The van der Waals surface area contributed by atoms with Crippen LogP contribution in [0.5, 0.6) is 0 Å². The molecule has 15 heteroatoms. The minimum absolute atomic E-state index is 0.0384. The van der Waals surface area contributed by atoms with Gasteiger partial charge in [-0.25, -0.2) is 16.8 Å². The van der Waals surface area contributed by atoms with Crippen molar-refractivity contribution in [3.63, 3.8) is 0 Å². The summed E-state index contributed by atoms with van der Waals surface area (Å²) in [6, 6.07) is 3.81. The smallest absolute Gasteiger partial charge is 0.290 e. The van der Waals surface area contributed by atoms with E-state index in [-0.39, 0.29) is 40.3 Å². The summed E-state index contributed by atoms with van der Waals surface area (Å²) < 4.78 is 55.4. The van der Waals surface area contributed by atoms with E-state index < -0.39 is 36.4 Å². The molecule has 3 aromatic rings. The molecule has 0 spiro atoms. The van der Waals surface area contributed by atoms with Crippen molar-refractivity contribution in [1.29, 1.82) is 0 Å². The number of hydrogen-bond donors (Lipinski definition) is 3. The maximum atomic E-state index is 13.3. The van der Waals surface area contributed by atoms with Crippen LogP contribution in [0.25, 0.3) is 11.6 Å². The highest BCUT2D eigenvalue weighted by Crippen LogP contribution is 2.30. The third kappa shape index (κ3) is 4.28. The van der Waals surface area contributed by atoms with Gasteiger partial charge in [-0.05, 0) is 30.5 Å². The number of nitrogens with zero attached hydrogens (tertiary/aromatic N) is 4. The molecule has 13 nitrogen and oxygen atoms in total. The van der Waals surface area contributed by atoms with Crippen molar-refractivity contribution in [3.8, 4) is 0 Å². The lowest BCUT2D eigenvalue weighted by Crippen LogP contribution is -2.53. The van der Waals surface area contributed by atoms with E-state index in [2.05, 4.69) is 24.8 Å². The molecule has 176 valence electrons. The van der Waals surface area contributed by atoms with E-state index >= 15 is 0 Å². The Bertz CT molecular complexity index is 1660. The lowest BCUT2D eigenvalue weighted by molar-refractivity contribution is 0.507. The Kier molecular flexibility index (Phi) is 5.40. The highest BCUT2D eigenvalue weighted by Gasteiger charge is 2.29. The van der Waals surface area contributed by atoms with Crippen LogP contribution in [0.1, 0.15) is 20.3 Å². The average Bonchev–Trinajstić information content (AvgIpc) is 3.16. The third-order valence-corrected chi connectivity index (χ3v) is 6.88. The molecule has 0 radical (unpaired) electrons. The van der Waals surface area contributed by atoms with Gasteiger partial charge in [-0.1, -0.05) is 13.8 Å². The fraction of sp³-hybridized carbons (Fsp3) is 0.333. The molecule has 0 unspecified atom stereocenters. The van der Waals surface area contributed by atoms with Crippen LogP contribution in [0.2, 0.25) is 0 Å². The fourth-order valence-electron chi connectivity index (χ4n) is 3.38. The van der Waals surface area contributed by atoms with Crippen molar-refractivity contribution >= 4 is 43.0 Å². The first kappa shape index (κ1) is 22.7. The molecular formula is C18H21N7O6S2. The number of aryl methyl sites for hydroxylation is 1. The molecule has 0 amide bonds. The Morgan fingerprint density at radius 3 is 2.58 bits per heavy atom. The molecule has 0 bridgehead atoms. The first-order valence-electron chi connectivity index (χ1n) is 9.80. The van der Waals surface area contributed by atoms with Crippen molar-refractivity contribution in [2.75, 3.05) is 16.3 Å². The Hall–Kier alpha value is -3.46. The quantitative estimate of drug-likeness (QED) is 0.395. The van der Waals surface area contributed by atoms with E-state index in [1.807, 2.05) is 13.8 Å². The Labute approximate surface area is 188 Å². The largest absolute Gasteiger partial charge is 0.339 e. The maximum absolute atomic E-state index is 13.3. The number of sulfonamides is 2. The van der Waals surface area contributed by atoms with E-state index in [1.54, 1.807) is 0 Å². The SMILES string of the molecule is CC(C)CCn1c(=O)/c(=C2\Nc3ccc(NS(C)(=O)=O)cc3S(=O)(=O)N2)c(=O)n2ncnc12. The summed E-state index contributed by atoms with van der Waals surface area (Å²) in [6.45, 7) is 4.21. The second-order valence-electron chi connectivity index (χ2n) is 7.98. The molecule has 33 heavy (non-hydrogen) atoms. The van der Waals surface area contributed by atoms with Crippen LogP contribution < -0.4 is 31.1 Å². The zero-order valence-corrected chi connectivity index (χ0v) is 19.5. The topological polar surface area (TPSA) is 174 Å². The summed E-state index contributed by atoms with van der Waals surface area (Å²) >= 11 is 0. The number of hydrogen-bond acceptors (Lipinski definition) is 9. The normalized spacial score (nSPS) is 16.8. The van der Waals surface area contributed by atoms with Gasteiger partial charge in [0.2, 0.25) is 15.8 Å². The van der Waals surface area contributed by atoms with Gasteiger partial charge in [-0.2, -0.15) is 14.6 Å². The highest BCUT2D eigenvalue weighted by atomic mass is 32.2. The lowest BCUT2D eigenvalue weighted by Gasteiger charge is -2.23. The van der Waals surface area contributed by atoms with Gasteiger partial charge in [-0.15, -0.1) is 0 Å². The predicted octanol–water partition coefficient (Wildman–Crippen LogP) is -1.14. The second-order valence-corrected chi connectivity index (χ2v) is 11.4. The van der Waals surface area contributed by atoms with Crippen LogP contribution in [0, 0.1) is 5.92 Å². The van der Waals surface area contributed by atoms with Crippen molar-refractivity contribution in [2.45, 2.75) is 31.7 Å². The number of nitrogens with one attached hydrogen (secondary N) is 3. The minimum atomic E-state index is -4.25. The number of anilines is 2. The van der Waals surface area contributed by atoms with Crippen LogP contribution in [-0.4, -0.2) is 42.3 Å². The molecule has 3 N–H and O–H groups in total. The van der Waals surface area contributed by atoms with Crippen LogP contribution in [-0.2, 0) is 26.6 Å². The Morgan fingerprint density at radius 2 is 1.91 bits per heavy atom. The first-order valence-corrected chi connectivity index (χ1v) is 13.2. The molecule has 0 atom stereocenters. The molecule has 0 saturated carbocycles. The van der Waals surface area contributed by atoms with Gasteiger partial charge < -0.3 is 5.32 Å². The summed E-state index contributed by atoms with van der Waals surface area (Å²) in [7, 11) is -7.88. The number of rotatable bonds is 5. The molecular weight excluding hydrogens is 474 g/mol. The molecule has 2 aromatic heterocycles. The maximum Gasteiger partial charge on any atom is 0.290 e. The van der Waals surface area contributed by atoms with Crippen molar-refractivity contribution < 1.29 is 16.8 Å². The molecule has 1 aliphatic rings. The second kappa shape index (κ2) is 7.84. The highest BCUT2D eigenvalue weighted by molar-refractivity contribution is 7.92. The average molecular weight is 496 g/mol. The number of aromatic nitrogens is 4. The monoisotopic (exact) mass is 495 g/mol. The van der Waals surface area contributed by atoms with Gasteiger partial charge in [0.05, 0.1) is 11.9 Å². The Balaban J connectivity index is 1.94. The summed E-state index contributed by atoms with van der Waals surface area (Å²) in [4.78, 5) is 30.0. The van der Waals surface area contributed by atoms with Gasteiger partial charge in [-0.3, -0.25) is 23.6 Å². The number of benzene rings is 1. The Morgan fingerprint density at radius 1 is 1.18 bits per heavy atom. The van der Waals surface area contributed by atoms with Crippen LogP contribution in [0.4, 0.5) is 11.4 Å². The van der Waals surface area contributed by atoms with E-state index in [0.29, 0.717) is 6.42 Å². The molecule has 0 saturated heterocycles. The van der Waals surface area contributed by atoms with Gasteiger partial charge in [0.1, 0.15) is 22.3 Å². The molecule has 4 rings (SSSR count). The zero-order valence-electron chi connectivity index (χ0n) is 17.9. The van der Waals surface area contributed by atoms with E-state index in [4.69, 9.17) is 0 Å². The molecule has 0 fully saturated rings. The summed E-state index contributed by atoms with van der Waals surface area (Å²) in [5.41, 5.74) is -1.45. The van der Waals surface area contributed by atoms with E-state index in [9.17, 15) is 26.4 Å². The van der Waals surface area contributed by atoms with E-state index in [0.717, 1.165) is 23.2 Å². The third-order valence-electron chi connectivity index (χ3n) is 4.89. The van der Waals surface area contributed by atoms with Gasteiger partial charge in [0.15, 0.2) is 0 Å². The van der Waals surface area contributed by atoms with E-state index in [1.165, 1.54) is 16.7 Å². The molecule has 3 heterocycles. The number of fused-ring (bicyclic) bond motifs is 2. The molecule has 1 aliphatic heterocycles. The van der Waals surface area contributed by atoms with Crippen LogP contribution in [0.3, 0.4) is 0 Å². The van der Waals surface area contributed by atoms with Gasteiger partial charge in [0.25, 0.3) is 21.1 Å².